The number of imidazole rings is 1. The van der Waals surface area contributed by atoms with E-state index >= 15 is 0 Å². The van der Waals surface area contributed by atoms with E-state index in [0.29, 0.717) is 10.0 Å². The van der Waals surface area contributed by atoms with Crippen LogP contribution in [0.5, 0.6) is 0 Å². The van der Waals surface area contributed by atoms with Crippen molar-refractivity contribution in [2.24, 2.45) is 0 Å². The Balaban J connectivity index is 2.44. The van der Waals surface area contributed by atoms with Crippen LogP contribution in [0.3, 0.4) is 0 Å². The van der Waals surface area contributed by atoms with Gasteiger partial charge in [-0.15, -0.1) is 0 Å². The Morgan fingerprint density at radius 2 is 2.06 bits per heavy atom. The Labute approximate surface area is 119 Å². The molecule has 0 fully saturated rings. The standard InChI is InChI=1S/C11H12Cl2N2S2/c1-17-4-2-3-15-10-6-8(13)7(12)5-9(10)14-11(15)16/h5-6H,2-4H2,1H3,(H,14,16). The molecule has 17 heavy (non-hydrogen) atoms. The van der Waals surface area contributed by atoms with Gasteiger partial charge in [0, 0.05) is 6.54 Å². The van der Waals surface area contributed by atoms with E-state index in [2.05, 4.69) is 15.8 Å². The Bertz CT molecular complexity index is 589. The van der Waals surface area contributed by atoms with Crippen LogP contribution in [0.1, 0.15) is 6.42 Å². The summed E-state index contributed by atoms with van der Waals surface area (Å²) < 4.78 is 2.79. The van der Waals surface area contributed by atoms with Crippen LogP contribution in [0.25, 0.3) is 11.0 Å². The number of aromatic nitrogens is 2. The third-order valence-electron chi connectivity index (χ3n) is 2.55. The second-order valence-electron chi connectivity index (χ2n) is 3.71. The van der Waals surface area contributed by atoms with Gasteiger partial charge in [0.25, 0.3) is 0 Å². The third-order valence-corrected chi connectivity index (χ3v) is 4.29. The average molecular weight is 307 g/mol. The van der Waals surface area contributed by atoms with E-state index in [1.54, 1.807) is 0 Å². The molecule has 0 bridgehead atoms. The second-order valence-corrected chi connectivity index (χ2v) is 5.90. The van der Waals surface area contributed by atoms with Gasteiger partial charge in [-0.25, -0.2) is 0 Å². The molecule has 0 unspecified atom stereocenters. The average Bonchev–Trinajstić information content (AvgIpc) is 2.57. The number of thioether (sulfide) groups is 1. The minimum atomic E-state index is 0.548. The van der Waals surface area contributed by atoms with Gasteiger partial charge in [-0.2, -0.15) is 11.8 Å². The fraction of sp³-hybridized carbons (Fsp3) is 0.364. The van der Waals surface area contributed by atoms with Crippen molar-refractivity contribution in [1.29, 1.82) is 0 Å². The highest BCUT2D eigenvalue weighted by Crippen LogP contribution is 2.27. The van der Waals surface area contributed by atoms with Gasteiger partial charge >= 0.3 is 0 Å². The number of aromatic amines is 1. The molecule has 0 aliphatic carbocycles. The Hall–Kier alpha value is -0.160. The van der Waals surface area contributed by atoms with Crippen LogP contribution < -0.4 is 0 Å². The van der Waals surface area contributed by atoms with Crippen molar-refractivity contribution in [3.8, 4) is 0 Å². The van der Waals surface area contributed by atoms with Gasteiger partial charge in [0.15, 0.2) is 4.77 Å². The molecular weight excluding hydrogens is 295 g/mol. The van der Waals surface area contributed by atoms with Crippen molar-refractivity contribution in [3.05, 3.63) is 26.9 Å². The molecular formula is C11H12Cl2N2S2. The first-order valence-corrected chi connectivity index (χ1v) is 7.76. The molecule has 1 heterocycles. The number of H-pyrrole nitrogens is 1. The molecule has 2 rings (SSSR count). The number of hydrogen-bond acceptors (Lipinski definition) is 2. The zero-order chi connectivity index (χ0) is 12.4. The zero-order valence-electron chi connectivity index (χ0n) is 9.30. The van der Waals surface area contributed by atoms with Gasteiger partial charge in [0.05, 0.1) is 21.1 Å². The maximum atomic E-state index is 6.03. The van der Waals surface area contributed by atoms with E-state index in [9.17, 15) is 0 Å². The van der Waals surface area contributed by atoms with E-state index in [-0.39, 0.29) is 0 Å². The van der Waals surface area contributed by atoms with Crippen LogP contribution in [0.2, 0.25) is 10.0 Å². The minimum absolute atomic E-state index is 0.548. The first-order valence-electron chi connectivity index (χ1n) is 5.20. The van der Waals surface area contributed by atoms with E-state index in [1.807, 2.05) is 23.9 Å². The molecule has 92 valence electrons. The number of fused-ring (bicyclic) bond motifs is 1. The summed E-state index contributed by atoms with van der Waals surface area (Å²) in [4.78, 5) is 3.15. The Morgan fingerprint density at radius 3 is 2.76 bits per heavy atom. The van der Waals surface area contributed by atoms with Crippen LogP contribution in [-0.2, 0) is 6.54 Å². The van der Waals surface area contributed by atoms with Crippen molar-refractivity contribution < 1.29 is 0 Å². The molecule has 6 heteroatoms. The molecule has 1 N–H and O–H groups in total. The number of rotatable bonds is 4. The maximum Gasteiger partial charge on any atom is 0.178 e. The number of hydrogen-bond donors (Lipinski definition) is 1. The molecule has 0 radical (unpaired) electrons. The summed E-state index contributed by atoms with van der Waals surface area (Å²) in [5, 5.41) is 1.11. The molecule has 2 nitrogen and oxygen atoms in total. The summed E-state index contributed by atoms with van der Waals surface area (Å²) in [6, 6.07) is 3.69. The number of benzene rings is 1. The lowest BCUT2D eigenvalue weighted by molar-refractivity contribution is 0.694. The van der Waals surface area contributed by atoms with E-state index < -0.39 is 0 Å². The smallest absolute Gasteiger partial charge is 0.178 e. The van der Waals surface area contributed by atoms with E-state index in [1.165, 1.54) is 0 Å². The minimum Gasteiger partial charge on any atom is -0.331 e. The molecule has 1 aromatic heterocycles. The first-order chi connectivity index (χ1) is 8.13. The van der Waals surface area contributed by atoms with Crippen molar-refractivity contribution in [2.45, 2.75) is 13.0 Å². The predicted octanol–water partition coefficient (Wildman–Crippen LogP) is 4.76. The van der Waals surface area contributed by atoms with E-state index in [0.717, 1.165) is 34.5 Å². The molecule has 0 amide bonds. The lowest BCUT2D eigenvalue weighted by Gasteiger charge is -2.04. The van der Waals surface area contributed by atoms with Crippen LogP contribution in [0.4, 0.5) is 0 Å². The molecule has 0 aliphatic heterocycles. The highest BCUT2D eigenvalue weighted by Gasteiger charge is 2.07. The molecule has 0 aliphatic rings. The number of nitrogens with zero attached hydrogens (tertiary/aromatic N) is 1. The summed E-state index contributed by atoms with van der Waals surface area (Å²) in [7, 11) is 0. The highest BCUT2D eigenvalue weighted by atomic mass is 35.5. The lowest BCUT2D eigenvalue weighted by atomic mass is 10.3. The van der Waals surface area contributed by atoms with Gasteiger partial charge in [0.2, 0.25) is 0 Å². The third kappa shape index (κ3) is 2.81. The van der Waals surface area contributed by atoms with E-state index in [4.69, 9.17) is 35.4 Å². The Morgan fingerprint density at radius 1 is 1.35 bits per heavy atom. The fourth-order valence-electron chi connectivity index (χ4n) is 1.74. The summed E-state index contributed by atoms with van der Waals surface area (Å²) in [6.45, 7) is 0.900. The molecule has 0 saturated carbocycles. The SMILES string of the molecule is CSCCCn1c(=S)[nH]c2cc(Cl)c(Cl)cc21. The lowest BCUT2D eigenvalue weighted by Crippen LogP contribution is -1.99. The molecule has 0 atom stereocenters. The predicted molar refractivity (Wildman–Crippen MR) is 80.1 cm³/mol. The van der Waals surface area contributed by atoms with Crippen molar-refractivity contribution in [1.82, 2.24) is 9.55 Å². The number of nitrogens with one attached hydrogen (secondary N) is 1. The number of halogens is 2. The largest absolute Gasteiger partial charge is 0.331 e. The maximum absolute atomic E-state index is 6.03. The molecule has 0 spiro atoms. The fourth-order valence-corrected chi connectivity index (χ4v) is 2.78. The van der Waals surface area contributed by atoms with Crippen LogP contribution in [0.15, 0.2) is 12.1 Å². The van der Waals surface area contributed by atoms with Crippen molar-refractivity contribution in [2.75, 3.05) is 12.0 Å². The van der Waals surface area contributed by atoms with Gasteiger partial charge in [0.1, 0.15) is 0 Å². The van der Waals surface area contributed by atoms with Crippen LogP contribution in [0, 0.1) is 4.77 Å². The van der Waals surface area contributed by atoms with Crippen molar-refractivity contribution >= 4 is 58.2 Å². The second kappa shape index (κ2) is 5.65. The van der Waals surface area contributed by atoms with Gasteiger partial charge < -0.3 is 9.55 Å². The van der Waals surface area contributed by atoms with Crippen LogP contribution >= 0.6 is 47.2 Å². The topological polar surface area (TPSA) is 20.7 Å². The first kappa shape index (κ1) is 13.3. The normalized spacial score (nSPS) is 11.2. The summed E-state index contributed by atoms with van der Waals surface area (Å²) in [5.41, 5.74) is 1.96. The molecule has 1 aromatic carbocycles. The van der Waals surface area contributed by atoms with Gasteiger partial charge in [-0.1, -0.05) is 23.2 Å². The van der Waals surface area contributed by atoms with Crippen molar-refractivity contribution in [3.63, 3.8) is 0 Å². The quantitative estimate of drug-likeness (QED) is 0.649. The summed E-state index contributed by atoms with van der Waals surface area (Å²) in [6.07, 6.45) is 3.19. The number of aryl methyl sites for hydroxylation is 1. The summed E-state index contributed by atoms with van der Waals surface area (Å²) >= 11 is 19.1. The Kier molecular flexibility index (Phi) is 4.42. The monoisotopic (exact) mass is 306 g/mol. The summed E-state index contributed by atoms with van der Waals surface area (Å²) in [5.74, 6) is 1.12. The van der Waals surface area contributed by atoms with Gasteiger partial charge in [-0.3, -0.25) is 0 Å². The highest BCUT2D eigenvalue weighted by molar-refractivity contribution is 7.98. The van der Waals surface area contributed by atoms with Crippen LogP contribution in [-0.4, -0.2) is 21.6 Å². The zero-order valence-corrected chi connectivity index (χ0v) is 12.4. The molecule has 2 aromatic rings. The van der Waals surface area contributed by atoms with Gasteiger partial charge in [-0.05, 0) is 42.8 Å². The molecule has 0 saturated heterocycles.